The van der Waals surface area contributed by atoms with E-state index in [1.54, 1.807) is 0 Å². The molecule has 1 aliphatic carbocycles. The Morgan fingerprint density at radius 1 is 1.00 bits per heavy atom. The van der Waals surface area contributed by atoms with Crippen LogP contribution in [-0.2, 0) is 6.42 Å². The zero-order valence-corrected chi connectivity index (χ0v) is 11.2. The first kappa shape index (κ1) is 11.9. The summed E-state index contributed by atoms with van der Waals surface area (Å²) >= 11 is 0. The molecule has 3 rings (SSSR count). The van der Waals surface area contributed by atoms with Crippen molar-refractivity contribution in [3.8, 4) is 0 Å². The topological polar surface area (TPSA) is 17.1 Å². The normalized spacial score (nSPS) is 15.9. The molecule has 0 saturated heterocycles. The first-order valence-corrected chi connectivity index (χ1v) is 6.56. The zero-order valence-electron chi connectivity index (χ0n) is 11.2. The average Bonchev–Trinajstić information content (AvgIpc) is 2.73. The molecule has 2 aromatic rings. The summed E-state index contributed by atoms with van der Waals surface area (Å²) in [6, 6.07) is 14.2. The molecular formula is C18H16O. The summed E-state index contributed by atoms with van der Waals surface area (Å²) in [6.45, 7) is 4.10. The Morgan fingerprint density at radius 2 is 1.74 bits per heavy atom. The fraction of sp³-hybridized carbons (Fsp3) is 0.167. The molecule has 1 aliphatic rings. The van der Waals surface area contributed by atoms with Gasteiger partial charge in [0.15, 0.2) is 5.78 Å². The molecule has 2 aromatic carbocycles. The Bertz CT molecular complexity index is 678. The lowest BCUT2D eigenvalue weighted by Gasteiger charge is -2.04. The van der Waals surface area contributed by atoms with Crippen LogP contribution in [0.5, 0.6) is 0 Å². The van der Waals surface area contributed by atoms with Crippen molar-refractivity contribution >= 4 is 11.9 Å². The summed E-state index contributed by atoms with van der Waals surface area (Å²) in [7, 11) is 0. The molecule has 1 heteroatoms. The van der Waals surface area contributed by atoms with Crippen molar-refractivity contribution in [2.75, 3.05) is 0 Å². The van der Waals surface area contributed by atoms with Gasteiger partial charge >= 0.3 is 0 Å². The van der Waals surface area contributed by atoms with Crippen LogP contribution in [0.25, 0.3) is 6.08 Å². The van der Waals surface area contributed by atoms with Gasteiger partial charge in [-0.1, -0.05) is 42.5 Å². The van der Waals surface area contributed by atoms with E-state index < -0.39 is 0 Å². The smallest absolute Gasteiger partial charge is 0.189 e. The fourth-order valence-electron chi connectivity index (χ4n) is 2.65. The zero-order chi connectivity index (χ0) is 13.4. The third-order valence-electron chi connectivity index (χ3n) is 3.86. The maximum atomic E-state index is 12.5. The van der Waals surface area contributed by atoms with Gasteiger partial charge in [-0.05, 0) is 42.2 Å². The van der Waals surface area contributed by atoms with Crippen LogP contribution in [0.4, 0.5) is 0 Å². The summed E-state index contributed by atoms with van der Waals surface area (Å²) in [6.07, 6.45) is 2.77. The largest absolute Gasteiger partial charge is 0.289 e. The fourth-order valence-corrected chi connectivity index (χ4v) is 2.65. The van der Waals surface area contributed by atoms with Crippen molar-refractivity contribution in [1.29, 1.82) is 0 Å². The number of benzene rings is 2. The van der Waals surface area contributed by atoms with E-state index in [2.05, 4.69) is 19.1 Å². The van der Waals surface area contributed by atoms with Gasteiger partial charge < -0.3 is 0 Å². The standard InChI is InChI=1S/C18H16O/c1-12-8-9-15-11-16(18(19)17(15)13(12)2)10-14-6-4-3-5-7-14/h3-10H,11H2,1-2H3/b16-10+. The molecule has 0 radical (unpaired) electrons. The van der Waals surface area contributed by atoms with E-state index in [1.165, 1.54) is 5.56 Å². The third-order valence-corrected chi connectivity index (χ3v) is 3.86. The molecule has 1 nitrogen and oxygen atoms in total. The van der Waals surface area contributed by atoms with Crippen LogP contribution in [0.15, 0.2) is 48.0 Å². The molecule has 0 spiro atoms. The van der Waals surface area contributed by atoms with Crippen molar-refractivity contribution < 1.29 is 4.79 Å². The van der Waals surface area contributed by atoms with Crippen molar-refractivity contribution in [3.63, 3.8) is 0 Å². The quantitative estimate of drug-likeness (QED) is 0.694. The first-order chi connectivity index (χ1) is 9.16. The SMILES string of the molecule is Cc1ccc2c(c1C)C(=O)/C(=C/c1ccccc1)C2. The van der Waals surface area contributed by atoms with E-state index >= 15 is 0 Å². The maximum Gasteiger partial charge on any atom is 0.189 e. The van der Waals surface area contributed by atoms with E-state index in [1.807, 2.05) is 43.3 Å². The van der Waals surface area contributed by atoms with Crippen molar-refractivity contribution in [3.05, 3.63) is 75.9 Å². The minimum absolute atomic E-state index is 0.194. The number of rotatable bonds is 1. The maximum absolute atomic E-state index is 12.5. The molecule has 0 bridgehead atoms. The molecule has 0 heterocycles. The minimum atomic E-state index is 0.194. The van der Waals surface area contributed by atoms with E-state index in [0.717, 1.165) is 34.2 Å². The number of hydrogen-bond acceptors (Lipinski definition) is 1. The lowest BCUT2D eigenvalue weighted by Crippen LogP contribution is -1.99. The highest BCUT2D eigenvalue weighted by atomic mass is 16.1. The number of carbonyl (C=O) groups is 1. The lowest BCUT2D eigenvalue weighted by molar-refractivity contribution is 0.104. The van der Waals surface area contributed by atoms with Crippen LogP contribution >= 0.6 is 0 Å². The summed E-state index contributed by atoms with van der Waals surface area (Å²) < 4.78 is 0. The highest BCUT2D eigenvalue weighted by Crippen LogP contribution is 2.31. The van der Waals surface area contributed by atoms with Gasteiger partial charge in [-0.2, -0.15) is 0 Å². The molecule has 0 N–H and O–H groups in total. The highest BCUT2D eigenvalue weighted by Gasteiger charge is 2.26. The number of Topliss-reactive ketones (excluding diaryl/α,β-unsaturated/α-hetero) is 1. The Balaban J connectivity index is 2.05. The van der Waals surface area contributed by atoms with Crippen LogP contribution in [0, 0.1) is 13.8 Å². The second-order valence-electron chi connectivity index (χ2n) is 5.13. The molecule has 0 fully saturated rings. The number of ketones is 1. The van der Waals surface area contributed by atoms with Crippen LogP contribution < -0.4 is 0 Å². The van der Waals surface area contributed by atoms with Gasteiger partial charge in [-0.25, -0.2) is 0 Å². The Morgan fingerprint density at radius 3 is 2.47 bits per heavy atom. The second-order valence-corrected chi connectivity index (χ2v) is 5.13. The van der Waals surface area contributed by atoms with Crippen molar-refractivity contribution in [1.82, 2.24) is 0 Å². The second kappa shape index (κ2) is 4.51. The number of allylic oxidation sites excluding steroid dienone is 1. The number of hydrogen-bond donors (Lipinski definition) is 0. The predicted molar refractivity (Wildman–Crippen MR) is 78.4 cm³/mol. The average molecular weight is 248 g/mol. The molecule has 94 valence electrons. The third kappa shape index (κ3) is 2.01. The monoisotopic (exact) mass is 248 g/mol. The predicted octanol–water partition coefficient (Wildman–Crippen LogP) is 4.13. The summed E-state index contributed by atoms with van der Waals surface area (Å²) in [5, 5.41) is 0. The van der Waals surface area contributed by atoms with Gasteiger partial charge in [0.05, 0.1) is 0 Å². The summed E-state index contributed by atoms with van der Waals surface area (Å²) in [5.74, 6) is 0.194. The van der Waals surface area contributed by atoms with Crippen LogP contribution in [-0.4, -0.2) is 5.78 Å². The number of aryl methyl sites for hydroxylation is 1. The number of carbonyl (C=O) groups excluding carboxylic acids is 1. The van der Waals surface area contributed by atoms with E-state index in [9.17, 15) is 4.79 Å². The van der Waals surface area contributed by atoms with Gasteiger partial charge in [0.25, 0.3) is 0 Å². The summed E-state index contributed by atoms with van der Waals surface area (Å²) in [5.41, 5.74) is 6.38. The highest BCUT2D eigenvalue weighted by molar-refractivity contribution is 6.16. The van der Waals surface area contributed by atoms with Gasteiger partial charge in [-0.15, -0.1) is 0 Å². The van der Waals surface area contributed by atoms with E-state index in [4.69, 9.17) is 0 Å². The van der Waals surface area contributed by atoms with Crippen LogP contribution in [0.3, 0.4) is 0 Å². The van der Waals surface area contributed by atoms with Crippen molar-refractivity contribution in [2.24, 2.45) is 0 Å². The van der Waals surface area contributed by atoms with Gasteiger partial charge in [0.1, 0.15) is 0 Å². The van der Waals surface area contributed by atoms with Crippen molar-refractivity contribution in [2.45, 2.75) is 20.3 Å². The van der Waals surface area contributed by atoms with E-state index in [0.29, 0.717) is 0 Å². The molecule has 0 amide bonds. The van der Waals surface area contributed by atoms with Gasteiger partial charge in [0.2, 0.25) is 0 Å². The van der Waals surface area contributed by atoms with Gasteiger partial charge in [-0.3, -0.25) is 4.79 Å². The van der Waals surface area contributed by atoms with E-state index in [-0.39, 0.29) is 5.78 Å². The molecular weight excluding hydrogens is 232 g/mol. The summed E-state index contributed by atoms with van der Waals surface area (Å²) in [4.78, 5) is 12.5. The molecule has 0 aliphatic heterocycles. The molecule has 0 unspecified atom stereocenters. The molecule has 0 atom stereocenters. The van der Waals surface area contributed by atoms with Gasteiger partial charge in [0, 0.05) is 17.6 Å². The lowest BCUT2D eigenvalue weighted by atomic mass is 9.99. The Labute approximate surface area is 113 Å². The number of fused-ring (bicyclic) bond motifs is 1. The Hall–Kier alpha value is -2.15. The minimum Gasteiger partial charge on any atom is -0.289 e. The molecule has 19 heavy (non-hydrogen) atoms. The van der Waals surface area contributed by atoms with Crippen LogP contribution in [0.2, 0.25) is 0 Å². The Kier molecular flexibility index (Phi) is 2.83. The molecule has 0 aromatic heterocycles. The first-order valence-electron chi connectivity index (χ1n) is 6.56. The molecule has 0 saturated carbocycles. The van der Waals surface area contributed by atoms with Crippen LogP contribution in [0.1, 0.15) is 32.6 Å².